The van der Waals surface area contributed by atoms with Gasteiger partial charge in [-0.25, -0.2) is 0 Å². The largest absolute Gasteiger partial charge is 0.305 e. The van der Waals surface area contributed by atoms with Gasteiger partial charge in [-0.15, -0.1) is 0 Å². The van der Waals surface area contributed by atoms with Crippen molar-refractivity contribution in [3.05, 3.63) is 0 Å². The normalized spacial score (nSPS) is 25.6. The van der Waals surface area contributed by atoms with Gasteiger partial charge in [0, 0.05) is 19.1 Å². The maximum absolute atomic E-state index is 8.97. The highest BCUT2D eigenvalue weighted by molar-refractivity contribution is 4.91. The van der Waals surface area contributed by atoms with Gasteiger partial charge in [-0.2, -0.15) is 5.26 Å². The Balaban J connectivity index is 2.21. The first-order chi connectivity index (χ1) is 8.35. The van der Waals surface area contributed by atoms with Crippen molar-refractivity contribution >= 4 is 0 Å². The minimum atomic E-state index is -0.148. The van der Waals surface area contributed by atoms with E-state index in [0.29, 0.717) is 6.04 Å². The Labute approximate surface area is 113 Å². The smallest absolute Gasteiger partial charge is 0.0683 e. The van der Waals surface area contributed by atoms with Gasteiger partial charge in [0.1, 0.15) is 0 Å². The molecule has 0 radical (unpaired) electrons. The predicted octanol–water partition coefficient (Wildman–Crippen LogP) is 2.59. The number of likely N-dealkylation sites (tertiary alicyclic amines) is 1. The van der Waals surface area contributed by atoms with Crippen LogP contribution in [0.25, 0.3) is 0 Å². The topological polar surface area (TPSA) is 30.3 Å². The first-order valence-electron chi connectivity index (χ1n) is 7.16. The molecule has 0 saturated carbocycles. The molecule has 3 heteroatoms. The van der Waals surface area contributed by atoms with Crippen LogP contribution in [0.1, 0.15) is 40.0 Å². The number of hydrogen-bond donors (Lipinski definition) is 0. The van der Waals surface area contributed by atoms with Gasteiger partial charge in [-0.05, 0) is 53.2 Å². The summed E-state index contributed by atoms with van der Waals surface area (Å²) in [4.78, 5) is 4.93. The van der Waals surface area contributed by atoms with Gasteiger partial charge in [-0.1, -0.05) is 13.3 Å². The zero-order chi connectivity index (χ0) is 13.8. The van der Waals surface area contributed by atoms with Gasteiger partial charge in [0.25, 0.3) is 0 Å². The fourth-order valence-electron chi connectivity index (χ4n) is 2.86. The molecule has 1 fully saturated rings. The third kappa shape index (κ3) is 4.59. The summed E-state index contributed by atoms with van der Waals surface area (Å²) in [5, 5.41) is 8.97. The Bertz CT molecular complexity index is 291. The van der Waals surface area contributed by atoms with E-state index < -0.39 is 0 Å². The van der Waals surface area contributed by atoms with Gasteiger partial charge in [0.2, 0.25) is 0 Å². The molecule has 1 saturated heterocycles. The van der Waals surface area contributed by atoms with Crippen LogP contribution in [0, 0.1) is 22.7 Å². The van der Waals surface area contributed by atoms with Crippen LogP contribution < -0.4 is 0 Å². The number of nitriles is 1. The molecule has 1 aliphatic rings. The first-order valence-corrected chi connectivity index (χ1v) is 7.16. The summed E-state index contributed by atoms with van der Waals surface area (Å²) in [6.45, 7) is 10.0. The maximum Gasteiger partial charge on any atom is 0.0683 e. The van der Waals surface area contributed by atoms with Crippen molar-refractivity contribution in [2.75, 3.05) is 33.7 Å². The number of likely N-dealkylation sites (N-methyl/N-ethyl adjacent to an activating group) is 1. The van der Waals surface area contributed by atoms with Gasteiger partial charge in [0.15, 0.2) is 0 Å². The highest BCUT2D eigenvalue weighted by Crippen LogP contribution is 2.23. The van der Waals surface area contributed by atoms with Crippen LogP contribution in [-0.4, -0.2) is 49.6 Å². The molecule has 0 aliphatic carbocycles. The van der Waals surface area contributed by atoms with Crippen LogP contribution in [0.5, 0.6) is 0 Å². The van der Waals surface area contributed by atoms with Crippen LogP contribution in [0.3, 0.4) is 0 Å². The van der Waals surface area contributed by atoms with Crippen molar-refractivity contribution in [1.29, 1.82) is 5.26 Å². The summed E-state index contributed by atoms with van der Waals surface area (Å²) < 4.78 is 0. The molecule has 2 atom stereocenters. The lowest BCUT2D eigenvalue weighted by atomic mass is 9.89. The molecule has 0 bridgehead atoms. The summed E-state index contributed by atoms with van der Waals surface area (Å²) >= 11 is 0. The third-order valence-corrected chi connectivity index (χ3v) is 4.14. The second-order valence-electron chi connectivity index (χ2n) is 6.72. The average molecular weight is 251 g/mol. The van der Waals surface area contributed by atoms with Crippen molar-refractivity contribution in [2.45, 2.75) is 46.1 Å². The molecule has 0 N–H and O–H groups in total. The van der Waals surface area contributed by atoms with E-state index in [-0.39, 0.29) is 5.41 Å². The quantitative estimate of drug-likeness (QED) is 0.680. The van der Waals surface area contributed by atoms with Crippen molar-refractivity contribution in [3.63, 3.8) is 0 Å². The van der Waals surface area contributed by atoms with Crippen LogP contribution in [0.15, 0.2) is 0 Å². The van der Waals surface area contributed by atoms with E-state index in [9.17, 15) is 0 Å². The molecule has 1 rings (SSSR count). The SMILES string of the molecule is CC1CN(CCCCC(C)(C)C#N)CC1N(C)C. The van der Waals surface area contributed by atoms with E-state index in [2.05, 4.69) is 36.9 Å². The zero-order valence-electron chi connectivity index (χ0n) is 12.7. The van der Waals surface area contributed by atoms with E-state index in [1.807, 2.05) is 13.8 Å². The average Bonchev–Trinajstić information content (AvgIpc) is 2.66. The molecule has 0 aromatic carbocycles. The van der Waals surface area contributed by atoms with Crippen molar-refractivity contribution in [1.82, 2.24) is 9.80 Å². The minimum Gasteiger partial charge on any atom is -0.305 e. The number of unbranched alkanes of at least 4 members (excludes halogenated alkanes) is 1. The Morgan fingerprint density at radius 2 is 1.94 bits per heavy atom. The fraction of sp³-hybridized carbons (Fsp3) is 0.933. The summed E-state index contributed by atoms with van der Waals surface area (Å²) in [6, 6.07) is 3.09. The second kappa shape index (κ2) is 6.54. The molecule has 0 spiro atoms. The maximum atomic E-state index is 8.97. The molecular weight excluding hydrogens is 222 g/mol. The lowest BCUT2D eigenvalue weighted by Gasteiger charge is -2.22. The van der Waals surface area contributed by atoms with Gasteiger partial charge in [0.05, 0.1) is 11.5 Å². The lowest BCUT2D eigenvalue weighted by Crippen LogP contribution is -2.34. The summed E-state index contributed by atoms with van der Waals surface area (Å²) in [5.41, 5.74) is -0.148. The molecule has 18 heavy (non-hydrogen) atoms. The van der Waals surface area contributed by atoms with E-state index in [0.717, 1.165) is 18.8 Å². The zero-order valence-corrected chi connectivity index (χ0v) is 12.7. The van der Waals surface area contributed by atoms with Crippen LogP contribution in [-0.2, 0) is 0 Å². The number of nitrogens with zero attached hydrogens (tertiary/aromatic N) is 3. The van der Waals surface area contributed by atoms with Crippen molar-refractivity contribution in [3.8, 4) is 6.07 Å². The summed E-state index contributed by atoms with van der Waals surface area (Å²) in [6.07, 6.45) is 3.40. The summed E-state index contributed by atoms with van der Waals surface area (Å²) in [7, 11) is 4.36. The molecule has 2 unspecified atom stereocenters. The molecule has 3 nitrogen and oxygen atoms in total. The second-order valence-corrected chi connectivity index (χ2v) is 6.72. The molecular formula is C15H29N3. The lowest BCUT2D eigenvalue weighted by molar-refractivity contribution is 0.250. The van der Waals surface area contributed by atoms with E-state index in [1.54, 1.807) is 0 Å². The Morgan fingerprint density at radius 1 is 1.28 bits per heavy atom. The summed E-state index contributed by atoms with van der Waals surface area (Å²) in [5.74, 6) is 0.774. The van der Waals surface area contributed by atoms with Crippen LogP contribution in [0.4, 0.5) is 0 Å². The highest BCUT2D eigenvalue weighted by Gasteiger charge is 2.30. The Kier molecular flexibility index (Phi) is 5.62. The standard InChI is InChI=1S/C15H29N3/c1-13-10-18(11-14(13)17(4)5)9-7-6-8-15(2,3)12-16/h13-14H,6-11H2,1-5H3. The third-order valence-electron chi connectivity index (χ3n) is 4.14. The predicted molar refractivity (Wildman–Crippen MR) is 76.3 cm³/mol. The first kappa shape index (κ1) is 15.5. The van der Waals surface area contributed by atoms with Gasteiger partial charge >= 0.3 is 0 Å². The monoisotopic (exact) mass is 251 g/mol. The van der Waals surface area contributed by atoms with Crippen molar-refractivity contribution < 1.29 is 0 Å². The molecule has 0 aromatic rings. The van der Waals surface area contributed by atoms with Crippen LogP contribution in [0.2, 0.25) is 0 Å². The molecule has 1 heterocycles. The molecule has 104 valence electrons. The minimum absolute atomic E-state index is 0.148. The van der Waals surface area contributed by atoms with E-state index >= 15 is 0 Å². The van der Waals surface area contributed by atoms with Gasteiger partial charge in [-0.3, -0.25) is 0 Å². The number of hydrogen-bond acceptors (Lipinski definition) is 3. The van der Waals surface area contributed by atoms with E-state index in [1.165, 1.54) is 26.1 Å². The van der Waals surface area contributed by atoms with Crippen molar-refractivity contribution in [2.24, 2.45) is 11.3 Å². The Morgan fingerprint density at radius 3 is 2.44 bits per heavy atom. The molecule has 0 aromatic heterocycles. The van der Waals surface area contributed by atoms with E-state index in [4.69, 9.17) is 5.26 Å². The highest BCUT2D eigenvalue weighted by atomic mass is 15.2. The van der Waals surface area contributed by atoms with Crippen LogP contribution >= 0.6 is 0 Å². The molecule has 1 aliphatic heterocycles. The van der Waals surface area contributed by atoms with Gasteiger partial charge < -0.3 is 9.80 Å². The Hall–Kier alpha value is -0.590. The number of rotatable bonds is 6. The fourth-order valence-corrected chi connectivity index (χ4v) is 2.86. The molecule has 0 amide bonds.